The minimum Gasteiger partial charge on any atom is -0.493 e. The van der Waals surface area contributed by atoms with Crippen LogP contribution in [0.25, 0.3) is 0 Å². The summed E-state index contributed by atoms with van der Waals surface area (Å²) in [6.45, 7) is 0. The monoisotopic (exact) mass is 228 g/mol. The Morgan fingerprint density at radius 1 is 1.80 bits per heavy atom. The van der Waals surface area contributed by atoms with Gasteiger partial charge in [0.1, 0.15) is 0 Å². The molecule has 82 valence electrons. The first-order chi connectivity index (χ1) is 7.24. The highest BCUT2D eigenvalue weighted by molar-refractivity contribution is 7.99. The molecule has 1 aliphatic rings. The topological polar surface area (TPSA) is 64.4 Å². The van der Waals surface area contributed by atoms with Crippen LogP contribution >= 0.6 is 11.8 Å². The first-order valence-corrected chi connectivity index (χ1v) is 5.75. The second kappa shape index (κ2) is 4.14. The lowest BCUT2D eigenvalue weighted by Gasteiger charge is -2.11. The molecule has 1 N–H and O–H groups in total. The summed E-state index contributed by atoms with van der Waals surface area (Å²) in [7, 11) is 1.45. The number of nitrogens with zero attached hydrogens (tertiary/aromatic N) is 2. The van der Waals surface area contributed by atoms with Crippen molar-refractivity contribution in [2.24, 2.45) is 0 Å². The van der Waals surface area contributed by atoms with Crippen molar-refractivity contribution < 1.29 is 14.6 Å². The summed E-state index contributed by atoms with van der Waals surface area (Å²) in [4.78, 5) is 11.1. The number of carbonyl (C=O) groups is 1. The van der Waals surface area contributed by atoms with Gasteiger partial charge in [-0.25, -0.2) is 9.48 Å². The number of hydrogen-bond acceptors (Lipinski definition) is 4. The van der Waals surface area contributed by atoms with Crippen molar-refractivity contribution in [3.05, 3.63) is 11.9 Å². The highest BCUT2D eigenvalue weighted by Crippen LogP contribution is 2.37. The van der Waals surface area contributed by atoms with Crippen LogP contribution in [0, 0.1) is 0 Å². The Labute approximate surface area is 91.4 Å². The number of hydrogen-bond donors (Lipinski definition) is 1. The molecule has 0 amide bonds. The fourth-order valence-electron chi connectivity index (χ4n) is 1.67. The standard InChI is InChI=1S/C9H12N2O3S/c1-14-6-5-10-11(8(6)9(12)13)7-3-2-4-15-7/h5,7H,2-4H2,1H3,(H,12,13). The van der Waals surface area contributed by atoms with E-state index in [-0.39, 0.29) is 11.1 Å². The molecule has 1 atom stereocenters. The van der Waals surface area contributed by atoms with Crippen molar-refractivity contribution in [3.63, 3.8) is 0 Å². The largest absolute Gasteiger partial charge is 0.493 e. The van der Waals surface area contributed by atoms with Crippen molar-refractivity contribution in [3.8, 4) is 5.75 Å². The number of rotatable bonds is 3. The third-order valence-corrected chi connectivity index (χ3v) is 3.71. The van der Waals surface area contributed by atoms with E-state index >= 15 is 0 Å². The van der Waals surface area contributed by atoms with Gasteiger partial charge in [-0.1, -0.05) is 0 Å². The van der Waals surface area contributed by atoms with Gasteiger partial charge in [0.05, 0.1) is 18.7 Å². The fourth-order valence-corrected chi connectivity index (χ4v) is 2.91. The van der Waals surface area contributed by atoms with Crippen molar-refractivity contribution in [1.29, 1.82) is 0 Å². The molecular weight excluding hydrogens is 216 g/mol. The molecule has 15 heavy (non-hydrogen) atoms. The minimum absolute atomic E-state index is 0.139. The Morgan fingerprint density at radius 2 is 2.60 bits per heavy atom. The summed E-state index contributed by atoms with van der Waals surface area (Å²) in [5.74, 6) is 0.401. The lowest BCUT2D eigenvalue weighted by molar-refractivity contribution is 0.0679. The molecule has 1 aromatic rings. The molecule has 1 unspecified atom stereocenters. The summed E-state index contributed by atoms with van der Waals surface area (Å²) < 4.78 is 6.53. The molecule has 1 fully saturated rings. The number of carboxylic acids is 1. The highest BCUT2D eigenvalue weighted by atomic mass is 32.2. The molecule has 0 saturated carbocycles. The summed E-state index contributed by atoms with van der Waals surface area (Å²) >= 11 is 1.73. The van der Waals surface area contributed by atoms with Gasteiger partial charge in [0.15, 0.2) is 11.4 Å². The summed E-state index contributed by atoms with van der Waals surface area (Å²) in [6, 6.07) is 0. The Morgan fingerprint density at radius 3 is 3.13 bits per heavy atom. The molecule has 2 rings (SSSR count). The fraction of sp³-hybridized carbons (Fsp3) is 0.556. The zero-order valence-corrected chi connectivity index (χ0v) is 9.16. The zero-order valence-electron chi connectivity index (χ0n) is 8.34. The van der Waals surface area contributed by atoms with Crippen LogP contribution in [0.2, 0.25) is 0 Å². The zero-order chi connectivity index (χ0) is 10.8. The Balaban J connectivity index is 2.37. The molecule has 1 aliphatic heterocycles. The van der Waals surface area contributed by atoms with E-state index in [4.69, 9.17) is 9.84 Å². The van der Waals surface area contributed by atoms with E-state index in [1.165, 1.54) is 13.3 Å². The highest BCUT2D eigenvalue weighted by Gasteiger charge is 2.26. The van der Waals surface area contributed by atoms with Gasteiger partial charge in [0, 0.05) is 0 Å². The van der Waals surface area contributed by atoms with Crippen LogP contribution in [-0.2, 0) is 0 Å². The van der Waals surface area contributed by atoms with Crippen molar-refractivity contribution >= 4 is 17.7 Å². The average molecular weight is 228 g/mol. The van der Waals surface area contributed by atoms with Crippen LogP contribution in [0.1, 0.15) is 28.7 Å². The molecule has 0 aromatic carbocycles. The predicted octanol–water partition coefficient (Wildman–Crippen LogP) is 1.62. The van der Waals surface area contributed by atoms with Gasteiger partial charge in [-0.3, -0.25) is 0 Å². The quantitative estimate of drug-likeness (QED) is 0.851. The second-order valence-electron chi connectivity index (χ2n) is 3.28. The first-order valence-electron chi connectivity index (χ1n) is 4.70. The van der Waals surface area contributed by atoms with Gasteiger partial charge < -0.3 is 9.84 Å². The van der Waals surface area contributed by atoms with Crippen LogP contribution in [0.5, 0.6) is 5.75 Å². The molecule has 0 aliphatic carbocycles. The van der Waals surface area contributed by atoms with Crippen LogP contribution in [0.4, 0.5) is 0 Å². The molecule has 0 spiro atoms. The first kappa shape index (κ1) is 10.4. The number of thioether (sulfide) groups is 1. The van der Waals surface area contributed by atoms with E-state index in [9.17, 15) is 4.79 Å². The van der Waals surface area contributed by atoms with Crippen LogP contribution in [-0.4, -0.2) is 33.7 Å². The van der Waals surface area contributed by atoms with E-state index in [2.05, 4.69) is 5.10 Å². The van der Waals surface area contributed by atoms with Crippen molar-refractivity contribution in [2.75, 3.05) is 12.9 Å². The SMILES string of the molecule is COc1cnn(C2CCCS2)c1C(=O)O. The van der Waals surface area contributed by atoms with E-state index in [0.717, 1.165) is 18.6 Å². The molecule has 6 heteroatoms. The normalized spacial score (nSPS) is 20.5. The van der Waals surface area contributed by atoms with E-state index in [1.807, 2.05) is 0 Å². The molecule has 0 bridgehead atoms. The average Bonchev–Trinajstić information content (AvgIpc) is 2.85. The Hall–Kier alpha value is -1.17. The maximum Gasteiger partial charge on any atom is 0.358 e. The lowest BCUT2D eigenvalue weighted by Crippen LogP contribution is -2.13. The van der Waals surface area contributed by atoms with Gasteiger partial charge in [-0.15, -0.1) is 11.8 Å². The molecule has 0 radical (unpaired) electrons. The second-order valence-corrected chi connectivity index (χ2v) is 4.56. The van der Waals surface area contributed by atoms with Gasteiger partial charge in [-0.2, -0.15) is 5.10 Å². The van der Waals surface area contributed by atoms with Gasteiger partial charge in [0.25, 0.3) is 0 Å². The smallest absolute Gasteiger partial charge is 0.358 e. The van der Waals surface area contributed by atoms with Crippen LogP contribution < -0.4 is 4.74 Å². The van der Waals surface area contributed by atoms with Gasteiger partial charge in [-0.05, 0) is 18.6 Å². The Kier molecular flexibility index (Phi) is 2.86. The molecular formula is C9H12N2O3S. The molecule has 1 aromatic heterocycles. The van der Waals surface area contributed by atoms with Crippen LogP contribution in [0.15, 0.2) is 6.20 Å². The number of aromatic nitrogens is 2. The van der Waals surface area contributed by atoms with Gasteiger partial charge in [0.2, 0.25) is 0 Å². The Bertz CT molecular complexity index is 371. The van der Waals surface area contributed by atoms with E-state index in [0.29, 0.717) is 5.75 Å². The number of aromatic carboxylic acids is 1. The third-order valence-electron chi connectivity index (χ3n) is 2.36. The number of carboxylic acid groups (broad SMARTS) is 1. The van der Waals surface area contributed by atoms with E-state index in [1.54, 1.807) is 16.4 Å². The maximum absolute atomic E-state index is 11.1. The van der Waals surface area contributed by atoms with Crippen molar-refractivity contribution in [1.82, 2.24) is 9.78 Å². The minimum atomic E-state index is -0.989. The van der Waals surface area contributed by atoms with Crippen LogP contribution in [0.3, 0.4) is 0 Å². The summed E-state index contributed by atoms with van der Waals surface area (Å²) in [5, 5.41) is 13.3. The third kappa shape index (κ3) is 1.81. The number of ether oxygens (including phenoxy) is 1. The predicted molar refractivity (Wildman–Crippen MR) is 56.5 cm³/mol. The van der Waals surface area contributed by atoms with Crippen molar-refractivity contribution in [2.45, 2.75) is 18.2 Å². The van der Waals surface area contributed by atoms with E-state index < -0.39 is 5.97 Å². The van der Waals surface area contributed by atoms with Gasteiger partial charge >= 0.3 is 5.97 Å². The lowest BCUT2D eigenvalue weighted by atomic mass is 10.3. The summed E-state index contributed by atoms with van der Waals surface area (Å²) in [5.41, 5.74) is 0.150. The maximum atomic E-state index is 11.1. The number of methoxy groups -OCH3 is 1. The summed E-state index contributed by atoms with van der Waals surface area (Å²) in [6.07, 6.45) is 3.54. The molecule has 2 heterocycles. The molecule has 5 nitrogen and oxygen atoms in total. The molecule has 1 saturated heterocycles.